The third-order valence-electron chi connectivity index (χ3n) is 4.05. The van der Waals surface area contributed by atoms with E-state index in [0.29, 0.717) is 0 Å². The van der Waals surface area contributed by atoms with Gasteiger partial charge < -0.3 is 5.11 Å². The predicted octanol–water partition coefficient (Wildman–Crippen LogP) is 3.47. The molecule has 1 N–H and O–H groups in total. The average molecular weight is 279 g/mol. The van der Waals surface area contributed by atoms with Crippen LogP contribution in [0.5, 0.6) is 0 Å². The van der Waals surface area contributed by atoms with E-state index in [0.717, 1.165) is 31.6 Å². The lowest BCUT2D eigenvalue weighted by Gasteiger charge is -2.26. The predicted molar refractivity (Wildman–Crippen MR) is 86.7 cm³/mol. The lowest BCUT2D eigenvalue weighted by Crippen LogP contribution is -2.27. The molecular weight excluding hydrogens is 258 g/mol. The monoisotopic (exact) mass is 279 g/mol. The number of hydrogen-bond donors (Lipinski definition) is 1. The first kappa shape index (κ1) is 14.1. The largest absolute Gasteiger partial charge is 0.392 e. The molecule has 108 valence electrons. The van der Waals surface area contributed by atoms with E-state index < -0.39 is 0 Å². The average Bonchev–Trinajstić information content (AvgIpc) is 2.57. The van der Waals surface area contributed by atoms with E-state index >= 15 is 0 Å². The molecule has 1 heterocycles. The van der Waals surface area contributed by atoms with Gasteiger partial charge >= 0.3 is 0 Å². The van der Waals surface area contributed by atoms with E-state index in [4.69, 9.17) is 5.11 Å². The quantitative estimate of drug-likeness (QED) is 0.926. The van der Waals surface area contributed by atoms with Crippen molar-refractivity contribution in [1.29, 1.82) is 0 Å². The minimum atomic E-state index is 0.115. The third-order valence-corrected chi connectivity index (χ3v) is 4.05. The number of hydrogen-bond acceptors (Lipinski definition) is 2. The van der Waals surface area contributed by atoms with Gasteiger partial charge in [-0.05, 0) is 28.7 Å². The second-order valence-electron chi connectivity index (χ2n) is 5.56. The maximum atomic E-state index is 9.09. The minimum Gasteiger partial charge on any atom is -0.392 e. The molecule has 2 aromatic carbocycles. The summed E-state index contributed by atoms with van der Waals surface area (Å²) < 4.78 is 0. The van der Waals surface area contributed by atoms with Crippen molar-refractivity contribution < 1.29 is 5.11 Å². The van der Waals surface area contributed by atoms with Crippen LogP contribution in [-0.2, 0) is 13.2 Å². The molecule has 2 aromatic rings. The van der Waals surface area contributed by atoms with E-state index in [-0.39, 0.29) is 6.61 Å². The summed E-state index contributed by atoms with van der Waals surface area (Å²) in [5.41, 5.74) is 5.05. The fourth-order valence-corrected chi connectivity index (χ4v) is 2.78. The normalized spacial score (nSPS) is 15.8. The molecule has 3 rings (SSSR count). The second-order valence-corrected chi connectivity index (χ2v) is 5.56. The highest BCUT2D eigenvalue weighted by Crippen LogP contribution is 2.23. The topological polar surface area (TPSA) is 23.5 Å². The number of nitrogens with zero attached hydrogens (tertiary/aromatic N) is 1. The zero-order chi connectivity index (χ0) is 14.5. The lowest BCUT2D eigenvalue weighted by atomic mass is 9.98. The molecular formula is C19H21NO. The Bertz CT molecular complexity index is 601. The van der Waals surface area contributed by atoms with E-state index in [2.05, 4.69) is 53.4 Å². The third kappa shape index (κ3) is 3.60. The summed E-state index contributed by atoms with van der Waals surface area (Å²) in [7, 11) is 0. The van der Waals surface area contributed by atoms with Crippen LogP contribution < -0.4 is 0 Å². The molecule has 0 bridgehead atoms. The van der Waals surface area contributed by atoms with E-state index in [1.54, 1.807) is 0 Å². The molecule has 21 heavy (non-hydrogen) atoms. The number of aliphatic hydroxyl groups is 1. The summed E-state index contributed by atoms with van der Waals surface area (Å²) in [6.45, 7) is 3.24. The van der Waals surface area contributed by atoms with Crippen molar-refractivity contribution in [2.45, 2.75) is 19.6 Å². The summed E-state index contributed by atoms with van der Waals surface area (Å²) >= 11 is 0. The van der Waals surface area contributed by atoms with Crippen LogP contribution in [0.15, 0.2) is 60.7 Å². The van der Waals surface area contributed by atoms with E-state index in [1.807, 2.05) is 12.1 Å². The maximum absolute atomic E-state index is 9.09. The van der Waals surface area contributed by atoms with Gasteiger partial charge in [0.25, 0.3) is 0 Å². The van der Waals surface area contributed by atoms with Crippen LogP contribution in [0, 0.1) is 0 Å². The summed E-state index contributed by atoms with van der Waals surface area (Å²) in [6.07, 6.45) is 3.42. The van der Waals surface area contributed by atoms with Crippen molar-refractivity contribution in [2.24, 2.45) is 0 Å². The fraction of sp³-hybridized carbons (Fsp3) is 0.263. The van der Waals surface area contributed by atoms with E-state index in [1.165, 1.54) is 16.7 Å². The Kier molecular flexibility index (Phi) is 4.49. The van der Waals surface area contributed by atoms with Gasteiger partial charge in [-0.25, -0.2) is 0 Å². The Morgan fingerprint density at radius 3 is 2.29 bits per heavy atom. The van der Waals surface area contributed by atoms with Crippen LogP contribution in [0.4, 0.5) is 0 Å². The molecule has 0 spiro atoms. The Hall–Kier alpha value is -1.90. The first-order chi connectivity index (χ1) is 10.3. The molecule has 0 atom stereocenters. The molecule has 1 aliphatic heterocycles. The van der Waals surface area contributed by atoms with Gasteiger partial charge in [-0.2, -0.15) is 0 Å². The molecule has 0 aliphatic carbocycles. The number of aliphatic hydroxyl groups excluding tert-OH is 1. The van der Waals surface area contributed by atoms with Gasteiger partial charge in [-0.3, -0.25) is 4.90 Å². The standard InChI is InChI=1S/C19H21NO/c21-15-17-6-8-18(9-7-17)19-10-12-20(13-11-19)14-16-4-2-1-3-5-16/h1-10,21H,11-15H2. The SMILES string of the molecule is OCc1ccc(C2=CCN(Cc3ccccc3)CC2)cc1. The molecule has 0 saturated heterocycles. The van der Waals surface area contributed by atoms with Gasteiger partial charge in [-0.15, -0.1) is 0 Å². The molecule has 1 aliphatic rings. The van der Waals surface area contributed by atoms with Crippen molar-refractivity contribution in [3.63, 3.8) is 0 Å². The first-order valence-corrected chi connectivity index (χ1v) is 7.50. The highest BCUT2D eigenvalue weighted by Gasteiger charge is 2.13. The van der Waals surface area contributed by atoms with Gasteiger partial charge in [0.1, 0.15) is 0 Å². The molecule has 0 fully saturated rings. The number of benzene rings is 2. The van der Waals surface area contributed by atoms with Crippen LogP contribution in [0.2, 0.25) is 0 Å². The summed E-state index contributed by atoms with van der Waals surface area (Å²) in [4.78, 5) is 2.47. The highest BCUT2D eigenvalue weighted by molar-refractivity contribution is 5.66. The van der Waals surface area contributed by atoms with Crippen LogP contribution in [0.1, 0.15) is 23.1 Å². The maximum Gasteiger partial charge on any atom is 0.0681 e. The second kappa shape index (κ2) is 6.70. The molecule has 0 unspecified atom stereocenters. The van der Waals surface area contributed by atoms with Crippen LogP contribution in [0.25, 0.3) is 5.57 Å². The lowest BCUT2D eigenvalue weighted by molar-refractivity contribution is 0.282. The van der Waals surface area contributed by atoms with E-state index in [9.17, 15) is 0 Å². The van der Waals surface area contributed by atoms with Gasteiger partial charge in [0.15, 0.2) is 0 Å². The Morgan fingerprint density at radius 2 is 1.67 bits per heavy atom. The first-order valence-electron chi connectivity index (χ1n) is 7.50. The van der Waals surface area contributed by atoms with Gasteiger partial charge in [0.2, 0.25) is 0 Å². The Balaban J connectivity index is 1.63. The zero-order valence-corrected chi connectivity index (χ0v) is 12.2. The summed E-state index contributed by atoms with van der Waals surface area (Å²) in [5, 5.41) is 9.09. The molecule has 0 saturated carbocycles. The van der Waals surface area contributed by atoms with Crippen molar-refractivity contribution >= 4 is 5.57 Å². The van der Waals surface area contributed by atoms with Gasteiger partial charge in [-0.1, -0.05) is 60.7 Å². The van der Waals surface area contributed by atoms with Crippen LogP contribution in [-0.4, -0.2) is 23.1 Å². The molecule has 2 heteroatoms. The molecule has 0 radical (unpaired) electrons. The van der Waals surface area contributed by atoms with Crippen molar-refractivity contribution in [2.75, 3.05) is 13.1 Å². The van der Waals surface area contributed by atoms with Gasteiger partial charge in [0, 0.05) is 19.6 Å². The van der Waals surface area contributed by atoms with Crippen molar-refractivity contribution in [3.05, 3.63) is 77.4 Å². The zero-order valence-electron chi connectivity index (χ0n) is 12.2. The van der Waals surface area contributed by atoms with Crippen molar-refractivity contribution in [1.82, 2.24) is 4.90 Å². The highest BCUT2D eigenvalue weighted by atomic mass is 16.3. The van der Waals surface area contributed by atoms with Crippen molar-refractivity contribution in [3.8, 4) is 0 Å². The minimum absolute atomic E-state index is 0.115. The summed E-state index contributed by atoms with van der Waals surface area (Å²) in [5.74, 6) is 0. The van der Waals surface area contributed by atoms with Crippen LogP contribution >= 0.6 is 0 Å². The fourth-order valence-electron chi connectivity index (χ4n) is 2.78. The molecule has 0 aromatic heterocycles. The van der Waals surface area contributed by atoms with Crippen LogP contribution in [0.3, 0.4) is 0 Å². The molecule has 0 amide bonds. The smallest absolute Gasteiger partial charge is 0.0681 e. The Labute approximate surface area is 126 Å². The molecule has 2 nitrogen and oxygen atoms in total. The van der Waals surface area contributed by atoms with Gasteiger partial charge in [0.05, 0.1) is 6.61 Å². The number of rotatable bonds is 4. The summed E-state index contributed by atoms with van der Waals surface area (Å²) in [6, 6.07) is 18.9. The Morgan fingerprint density at radius 1 is 0.905 bits per heavy atom.